The van der Waals surface area contributed by atoms with Crippen molar-refractivity contribution in [3.05, 3.63) is 60.0 Å². The monoisotopic (exact) mass is 499 g/mol. The van der Waals surface area contributed by atoms with Gasteiger partial charge in [-0.25, -0.2) is 18.4 Å². The maximum absolute atomic E-state index is 13.4. The fraction of sp³-hybridized carbons (Fsp3) is 0.261. The highest BCUT2D eigenvalue weighted by Gasteiger charge is 2.33. The van der Waals surface area contributed by atoms with Crippen LogP contribution in [0.2, 0.25) is 5.02 Å². The molecule has 4 aromatic rings. The van der Waals surface area contributed by atoms with Crippen molar-refractivity contribution < 1.29 is 20.6 Å². The summed E-state index contributed by atoms with van der Waals surface area (Å²) in [6.45, 7) is -1.74. The molecule has 0 N–H and O–H groups in total. The third-order valence-electron chi connectivity index (χ3n) is 6.11. The van der Waals surface area contributed by atoms with Crippen molar-refractivity contribution >= 4 is 32.8 Å². The number of benzene rings is 1. The largest absolute Gasteiger partial charge is 0.454 e. The highest BCUT2D eigenvalue weighted by atomic mass is 35.5. The number of piperidine rings is 1. The molecule has 0 unspecified atom stereocenters. The van der Waals surface area contributed by atoms with Gasteiger partial charge in [-0.1, -0.05) is 11.6 Å². The van der Waals surface area contributed by atoms with E-state index in [-0.39, 0.29) is 35.5 Å². The van der Waals surface area contributed by atoms with Crippen LogP contribution in [0.3, 0.4) is 0 Å². The summed E-state index contributed by atoms with van der Waals surface area (Å²) in [6, 6.07) is 9.60. The van der Waals surface area contributed by atoms with E-state index in [0.717, 1.165) is 11.1 Å². The van der Waals surface area contributed by atoms with Crippen LogP contribution < -0.4 is 9.47 Å². The van der Waals surface area contributed by atoms with E-state index < -0.39 is 16.8 Å². The van der Waals surface area contributed by atoms with Crippen LogP contribution in [-0.2, 0) is 10.0 Å². The van der Waals surface area contributed by atoms with Crippen molar-refractivity contribution in [3.8, 4) is 22.9 Å². The Kier molecular flexibility index (Phi) is 4.63. The van der Waals surface area contributed by atoms with Gasteiger partial charge in [0, 0.05) is 49.4 Å². The van der Waals surface area contributed by atoms with E-state index in [0.29, 0.717) is 29.3 Å². The van der Waals surface area contributed by atoms with Crippen LogP contribution in [0, 0.1) is 0 Å². The summed E-state index contributed by atoms with van der Waals surface area (Å²) in [5.74, 6) is 0.896. The van der Waals surface area contributed by atoms with Crippen LogP contribution in [0.25, 0.3) is 22.6 Å². The van der Waals surface area contributed by atoms with E-state index in [1.165, 1.54) is 22.5 Å². The SMILES string of the molecule is [2H]C1([2H])Oc2ccc(S(=O)(=O)N3CCC(n4c(-c5ccncc5Cl)nc5cccnc54)CC3)cc2O1. The molecule has 6 rings (SSSR count). The molecule has 1 saturated heterocycles. The molecular weight excluding hydrogens is 478 g/mol. The Hall–Kier alpha value is -3.21. The number of halogens is 1. The first-order chi connectivity index (χ1) is 17.2. The number of fused-ring (bicyclic) bond motifs is 2. The second kappa shape index (κ2) is 8.23. The van der Waals surface area contributed by atoms with Crippen LogP contribution in [0.1, 0.15) is 21.6 Å². The van der Waals surface area contributed by atoms with Crippen molar-refractivity contribution in [1.82, 2.24) is 23.8 Å². The lowest BCUT2D eigenvalue weighted by atomic mass is 10.1. The van der Waals surface area contributed by atoms with Gasteiger partial charge in [0.05, 0.1) is 9.92 Å². The van der Waals surface area contributed by atoms with Gasteiger partial charge in [-0.3, -0.25) is 4.98 Å². The van der Waals surface area contributed by atoms with Gasteiger partial charge in [-0.15, -0.1) is 0 Å². The number of nitrogens with zero attached hydrogens (tertiary/aromatic N) is 5. The average molecular weight is 500 g/mol. The zero-order valence-corrected chi connectivity index (χ0v) is 19.3. The molecule has 0 radical (unpaired) electrons. The van der Waals surface area contributed by atoms with Crippen LogP contribution in [0.4, 0.5) is 0 Å². The number of ether oxygens (including phenoxy) is 2. The molecule has 34 heavy (non-hydrogen) atoms. The number of rotatable bonds is 4. The lowest BCUT2D eigenvalue weighted by Crippen LogP contribution is -2.39. The Morgan fingerprint density at radius 1 is 1.09 bits per heavy atom. The predicted molar refractivity (Wildman–Crippen MR) is 125 cm³/mol. The van der Waals surface area contributed by atoms with Gasteiger partial charge in [0.15, 0.2) is 17.1 Å². The summed E-state index contributed by atoms with van der Waals surface area (Å²) in [5, 5.41) is 0.473. The molecule has 0 amide bonds. The minimum atomic E-state index is -3.82. The zero-order valence-electron chi connectivity index (χ0n) is 19.8. The second-order valence-corrected chi connectivity index (χ2v) is 10.4. The zero-order chi connectivity index (χ0) is 25.1. The summed E-state index contributed by atoms with van der Waals surface area (Å²) in [4.78, 5) is 13.4. The average Bonchev–Trinajstić information content (AvgIpc) is 3.39. The van der Waals surface area contributed by atoms with E-state index in [1.807, 2.05) is 22.8 Å². The standard InChI is InChI=1S/C23H20ClN5O4S/c24-18-13-25-9-5-17(18)22-27-19-2-1-8-26-23(19)29(22)15-6-10-28(11-7-15)34(30,31)16-3-4-20-21(12-16)33-14-32-20/h1-5,8-9,12-13,15H,6-7,10-11,14H2/i14D2. The van der Waals surface area contributed by atoms with Crippen molar-refractivity contribution in [2.45, 2.75) is 23.8 Å². The number of sulfonamides is 1. The fourth-order valence-electron chi connectivity index (χ4n) is 4.44. The smallest absolute Gasteiger partial charge is 0.243 e. The van der Waals surface area contributed by atoms with Gasteiger partial charge in [0.1, 0.15) is 14.1 Å². The first kappa shape index (κ1) is 19.1. The number of imidazole rings is 1. The highest BCUT2D eigenvalue weighted by molar-refractivity contribution is 7.89. The molecular formula is C23H20ClN5O4S. The van der Waals surface area contributed by atoms with Crippen LogP contribution in [-0.4, -0.2) is 52.1 Å². The molecule has 0 spiro atoms. The van der Waals surface area contributed by atoms with E-state index >= 15 is 0 Å². The Morgan fingerprint density at radius 3 is 2.74 bits per heavy atom. The molecule has 0 bridgehead atoms. The lowest BCUT2D eigenvalue weighted by Gasteiger charge is -2.32. The Balaban J connectivity index is 1.29. The van der Waals surface area contributed by atoms with Gasteiger partial charge in [-0.2, -0.15) is 4.31 Å². The second-order valence-electron chi connectivity index (χ2n) is 8.04. The molecule has 9 nitrogen and oxygen atoms in total. The minimum absolute atomic E-state index is 0.0278. The molecule has 2 aliphatic heterocycles. The van der Waals surface area contributed by atoms with Crippen LogP contribution in [0.15, 0.2) is 59.9 Å². The summed E-state index contributed by atoms with van der Waals surface area (Å²) in [6.07, 6.45) is 6.03. The molecule has 11 heteroatoms. The lowest BCUT2D eigenvalue weighted by molar-refractivity contribution is 0.174. The van der Waals surface area contributed by atoms with Gasteiger partial charge >= 0.3 is 0 Å². The molecule has 0 saturated carbocycles. The summed E-state index contributed by atoms with van der Waals surface area (Å²) in [7, 11) is -3.82. The summed E-state index contributed by atoms with van der Waals surface area (Å²) < 4.78 is 55.5. The predicted octanol–water partition coefficient (Wildman–Crippen LogP) is 3.90. The van der Waals surface area contributed by atoms with Gasteiger partial charge < -0.3 is 14.0 Å². The van der Waals surface area contributed by atoms with E-state index in [4.69, 9.17) is 28.8 Å². The van der Waals surface area contributed by atoms with E-state index in [9.17, 15) is 8.42 Å². The Labute approximate surface area is 203 Å². The van der Waals surface area contributed by atoms with Crippen LogP contribution >= 0.6 is 11.6 Å². The van der Waals surface area contributed by atoms with Gasteiger partial charge in [0.25, 0.3) is 0 Å². The van der Waals surface area contributed by atoms with Crippen molar-refractivity contribution in [3.63, 3.8) is 0 Å². The van der Waals surface area contributed by atoms with Crippen molar-refractivity contribution in [2.24, 2.45) is 0 Å². The minimum Gasteiger partial charge on any atom is -0.454 e. The van der Waals surface area contributed by atoms with Crippen molar-refractivity contribution in [1.29, 1.82) is 0 Å². The number of aromatic nitrogens is 4. The van der Waals surface area contributed by atoms with E-state index in [2.05, 4.69) is 9.97 Å². The quantitative estimate of drug-likeness (QED) is 0.420. The molecule has 5 heterocycles. The molecule has 174 valence electrons. The molecule has 3 aromatic heterocycles. The first-order valence-electron chi connectivity index (χ1n) is 11.7. The molecule has 0 aliphatic carbocycles. The molecule has 1 aromatic carbocycles. The van der Waals surface area contributed by atoms with Crippen molar-refractivity contribution in [2.75, 3.05) is 19.8 Å². The third-order valence-corrected chi connectivity index (χ3v) is 8.30. The fourth-order valence-corrected chi connectivity index (χ4v) is 6.12. The first-order valence-corrected chi connectivity index (χ1v) is 12.5. The van der Waals surface area contributed by atoms with Crippen LogP contribution in [0.5, 0.6) is 11.5 Å². The number of pyridine rings is 2. The third kappa shape index (κ3) is 3.49. The maximum atomic E-state index is 13.4. The summed E-state index contributed by atoms with van der Waals surface area (Å²) in [5.41, 5.74) is 2.18. The molecule has 0 atom stereocenters. The molecule has 1 fully saturated rings. The normalized spacial score (nSPS) is 19.2. The number of hydrogen-bond acceptors (Lipinski definition) is 7. The van der Waals surface area contributed by atoms with E-state index in [1.54, 1.807) is 18.6 Å². The topological polar surface area (TPSA) is 99.4 Å². The highest BCUT2D eigenvalue weighted by Crippen LogP contribution is 2.38. The van der Waals surface area contributed by atoms with Gasteiger partial charge in [-0.05, 0) is 43.2 Å². The van der Waals surface area contributed by atoms with Gasteiger partial charge in [0.2, 0.25) is 16.8 Å². The summed E-state index contributed by atoms with van der Waals surface area (Å²) >= 11 is 6.44. The number of hydrogen-bond donors (Lipinski definition) is 0. The Morgan fingerprint density at radius 2 is 1.91 bits per heavy atom. The molecule has 2 aliphatic rings. The maximum Gasteiger partial charge on any atom is 0.243 e. The Bertz CT molecular complexity index is 1590.